The summed E-state index contributed by atoms with van der Waals surface area (Å²) in [6.45, 7) is 12.4. The number of imidazole rings is 1. The van der Waals surface area contributed by atoms with Crippen LogP contribution in [0.3, 0.4) is 0 Å². The predicted molar refractivity (Wildman–Crippen MR) is 187 cm³/mol. The lowest BCUT2D eigenvalue weighted by Crippen LogP contribution is -2.50. The minimum absolute atomic E-state index is 0.0277. The first kappa shape index (κ1) is 34.0. The van der Waals surface area contributed by atoms with Crippen LogP contribution in [0.15, 0.2) is 64.6 Å². The number of benzene rings is 1. The van der Waals surface area contributed by atoms with Gasteiger partial charge in [0.1, 0.15) is 17.0 Å². The van der Waals surface area contributed by atoms with E-state index in [1.54, 1.807) is 18.0 Å². The highest BCUT2D eigenvalue weighted by molar-refractivity contribution is 9.10. The number of halogens is 1. The fourth-order valence-corrected chi connectivity index (χ4v) is 7.28. The number of carbonyl (C=O) groups is 1. The summed E-state index contributed by atoms with van der Waals surface area (Å²) in [6.07, 6.45) is 11.2. The normalized spacial score (nSPS) is 17.0. The third-order valence-electron chi connectivity index (χ3n) is 8.17. The summed E-state index contributed by atoms with van der Waals surface area (Å²) in [7, 11) is 0. The van der Waals surface area contributed by atoms with Gasteiger partial charge in [-0.2, -0.15) is 0 Å². The van der Waals surface area contributed by atoms with Crippen LogP contribution in [0, 0.1) is 18.8 Å². The lowest BCUT2D eigenvalue weighted by atomic mass is 10.1. The fourth-order valence-electron chi connectivity index (χ4n) is 5.50. The minimum Gasteiger partial charge on any atom is -0.487 e. The van der Waals surface area contributed by atoms with Crippen molar-refractivity contribution in [2.75, 3.05) is 45.9 Å². The van der Waals surface area contributed by atoms with E-state index in [2.05, 4.69) is 78.4 Å². The number of ether oxygens (including phenoxy) is 2. The average Bonchev–Trinajstić information content (AvgIpc) is 3.37. The smallest absolute Gasteiger partial charge is 0.408 e. The van der Waals surface area contributed by atoms with Gasteiger partial charge < -0.3 is 14.8 Å². The molecule has 9 nitrogen and oxygen atoms in total. The van der Waals surface area contributed by atoms with E-state index in [4.69, 9.17) is 14.5 Å². The molecule has 0 saturated carbocycles. The van der Waals surface area contributed by atoms with Crippen molar-refractivity contribution in [2.24, 2.45) is 0 Å². The number of rotatable bonds is 11. The number of amides is 1. The maximum absolute atomic E-state index is 12.1. The van der Waals surface area contributed by atoms with Crippen molar-refractivity contribution in [1.82, 2.24) is 29.7 Å². The van der Waals surface area contributed by atoms with Crippen LogP contribution in [0.25, 0.3) is 5.69 Å². The number of carbonyl (C=O) groups excluding carboxylic acids is 1. The van der Waals surface area contributed by atoms with Crippen LogP contribution in [-0.4, -0.2) is 87.6 Å². The average molecular weight is 708 g/mol. The number of pyridine rings is 1. The Morgan fingerprint density at radius 3 is 2.78 bits per heavy atom. The Hall–Kier alpha value is -3.30. The molecule has 1 aliphatic heterocycles. The molecule has 1 fully saturated rings. The van der Waals surface area contributed by atoms with E-state index in [1.165, 1.54) is 6.42 Å². The molecule has 0 bridgehead atoms. The van der Waals surface area contributed by atoms with Crippen molar-refractivity contribution in [3.8, 4) is 23.3 Å². The number of hydrogen-bond donors (Lipinski definition) is 1. The fraction of sp³-hybridized carbons (Fsp3) is 0.457. The molecule has 1 atom stereocenters. The molecule has 3 aromatic rings. The van der Waals surface area contributed by atoms with Crippen LogP contribution >= 0.6 is 27.7 Å². The number of hydrogen-bond acceptors (Lipinski definition) is 8. The molecule has 46 heavy (non-hydrogen) atoms. The molecular weight excluding hydrogens is 664 g/mol. The topological polar surface area (TPSA) is 84.8 Å². The number of thioether (sulfide) groups is 1. The number of allylic oxidation sites excluding steroid dienone is 1. The third kappa shape index (κ3) is 9.61. The highest BCUT2D eigenvalue weighted by atomic mass is 79.9. The summed E-state index contributed by atoms with van der Waals surface area (Å²) in [6, 6.07) is 10.4. The SMILES string of the molecule is Cc1cc(OCc2c(Br)nc(SC3C=CCCC3)n2-c2cccnc2)ccc1C#CCOC(=O)NCCN1CCN(C(C)C)CC1. The van der Waals surface area contributed by atoms with Gasteiger partial charge in [-0.15, -0.1) is 0 Å². The Labute approximate surface area is 285 Å². The highest BCUT2D eigenvalue weighted by Gasteiger charge is 2.22. The Morgan fingerprint density at radius 2 is 2.07 bits per heavy atom. The van der Waals surface area contributed by atoms with E-state index >= 15 is 0 Å². The number of aryl methyl sites for hydroxylation is 1. The van der Waals surface area contributed by atoms with Gasteiger partial charge in [0.15, 0.2) is 11.8 Å². The molecule has 1 aliphatic carbocycles. The van der Waals surface area contributed by atoms with Gasteiger partial charge in [0.2, 0.25) is 0 Å². The van der Waals surface area contributed by atoms with E-state index in [0.29, 0.717) is 24.4 Å². The first-order valence-electron chi connectivity index (χ1n) is 16.0. The van der Waals surface area contributed by atoms with Crippen LogP contribution < -0.4 is 10.1 Å². The monoisotopic (exact) mass is 706 g/mol. The van der Waals surface area contributed by atoms with Crippen LogP contribution in [-0.2, 0) is 11.3 Å². The van der Waals surface area contributed by atoms with Gasteiger partial charge in [-0.1, -0.05) is 35.8 Å². The zero-order valence-corrected chi connectivity index (χ0v) is 29.3. The first-order valence-corrected chi connectivity index (χ1v) is 17.6. The van der Waals surface area contributed by atoms with Gasteiger partial charge in [-0.05, 0) is 91.9 Å². The van der Waals surface area contributed by atoms with Crippen LogP contribution in [0.1, 0.15) is 49.9 Å². The van der Waals surface area contributed by atoms with Gasteiger partial charge in [-0.3, -0.25) is 19.4 Å². The zero-order valence-electron chi connectivity index (χ0n) is 26.9. The molecule has 2 aliphatic rings. The number of aromatic nitrogens is 3. The van der Waals surface area contributed by atoms with E-state index in [1.807, 2.05) is 43.5 Å². The Balaban J connectivity index is 1.12. The van der Waals surface area contributed by atoms with Gasteiger partial charge in [0.25, 0.3) is 0 Å². The van der Waals surface area contributed by atoms with E-state index in [9.17, 15) is 4.79 Å². The van der Waals surface area contributed by atoms with E-state index in [-0.39, 0.29) is 6.61 Å². The quantitative estimate of drug-likeness (QED) is 0.186. The van der Waals surface area contributed by atoms with Crippen molar-refractivity contribution in [3.63, 3.8) is 0 Å². The molecule has 0 radical (unpaired) electrons. The van der Waals surface area contributed by atoms with Crippen LogP contribution in [0.4, 0.5) is 4.79 Å². The van der Waals surface area contributed by atoms with Crippen molar-refractivity contribution in [1.29, 1.82) is 0 Å². The molecule has 1 amide bonds. The number of nitrogens with one attached hydrogen (secondary N) is 1. The molecular formula is C35H43BrN6O3S. The standard InChI is InChI=1S/C35H43BrN6O3S/c1-26(2)41-20-18-40(19-21-41)17-16-38-35(43)44-22-8-9-28-13-14-30(23-27(28)3)45-25-32-33(36)39-34(46-31-11-5-4-6-12-31)42(32)29-10-7-15-37-24-29/h5,7,10-11,13-15,23-24,26,31H,4,6,12,16-22,25H2,1-3H3,(H,38,43). The van der Waals surface area contributed by atoms with Crippen molar-refractivity contribution < 1.29 is 14.3 Å². The first-order chi connectivity index (χ1) is 22.4. The summed E-state index contributed by atoms with van der Waals surface area (Å²) in [5.74, 6) is 6.80. The van der Waals surface area contributed by atoms with Gasteiger partial charge in [0.05, 0.1) is 17.6 Å². The largest absolute Gasteiger partial charge is 0.487 e. The number of alkyl carbamates (subject to hydrolysis) is 1. The van der Waals surface area contributed by atoms with E-state index in [0.717, 1.165) is 83.6 Å². The molecule has 1 N–H and O–H groups in total. The lowest BCUT2D eigenvalue weighted by Gasteiger charge is -2.36. The van der Waals surface area contributed by atoms with Crippen LogP contribution in [0.2, 0.25) is 0 Å². The second-order valence-corrected chi connectivity index (χ2v) is 13.7. The van der Waals surface area contributed by atoms with Crippen molar-refractivity contribution in [3.05, 3.63) is 76.3 Å². The highest BCUT2D eigenvalue weighted by Crippen LogP contribution is 2.35. The predicted octanol–water partition coefficient (Wildman–Crippen LogP) is 6.22. The van der Waals surface area contributed by atoms with E-state index < -0.39 is 6.09 Å². The summed E-state index contributed by atoms with van der Waals surface area (Å²) >= 11 is 5.45. The Kier molecular flexibility index (Phi) is 12.6. The second-order valence-electron chi connectivity index (χ2n) is 11.7. The lowest BCUT2D eigenvalue weighted by molar-refractivity contribution is 0.108. The Bertz CT molecular complexity index is 1540. The molecule has 0 spiro atoms. The summed E-state index contributed by atoms with van der Waals surface area (Å²) in [5.41, 5.74) is 3.70. The second kappa shape index (κ2) is 17.0. The minimum atomic E-state index is -0.441. The van der Waals surface area contributed by atoms with Crippen molar-refractivity contribution >= 4 is 33.8 Å². The summed E-state index contributed by atoms with van der Waals surface area (Å²) in [4.78, 5) is 26.2. The molecule has 1 saturated heterocycles. The maximum atomic E-state index is 12.1. The molecule has 3 heterocycles. The Morgan fingerprint density at radius 1 is 1.22 bits per heavy atom. The molecule has 1 unspecified atom stereocenters. The van der Waals surface area contributed by atoms with Gasteiger partial charge in [0, 0.05) is 62.3 Å². The summed E-state index contributed by atoms with van der Waals surface area (Å²) in [5, 5.41) is 4.13. The number of nitrogens with zero attached hydrogens (tertiary/aromatic N) is 5. The van der Waals surface area contributed by atoms with Gasteiger partial charge in [-0.25, -0.2) is 9.78 Å². The molecule has 2 aromatic heterocycles. The summed E-state index contributed by atoms with van der Waals surface area (Å²) < 4.78 is 14.4. The number of piperazine rings is 1. The molecule has 5 rings (SSSR count). The van der Waals surface area contributed by atoms with Crippen LogP contribution in [0.5, 0.6) is 5.75 Å². The van der Waals surface area contributed by atoms with Crippen molar-refractivity contribution in [2.45, 2.75) is 63.1 Å². The third-order valence-corrected chi connectivity index (χ3v) is 9.99. The molecule has 244 valence electrons. The maximum Gasteiger partial charge on any atom is 0.408 e. The molecule has 1 aromatic carbocycles. The molecule has 11 heteroatoms. The van der Waals surface area contributed by atoms with Gasteiger partial charge >= 0.3 is 6.09 Å². The zero-order chi connectivity index (χ0) is 32.3.